The van der Waals surface area contributed by atoms with Gasteiger partial charge in [-0.05, 0) is 36.5 Å². The first-order valence-electron chi connectivity index (χ1n) is 9.97. The number of carbonyl (C=O) groups is 2. The molecule has 0 saturated carbocycles. The molecule has 146 valence electrons. The molecule has 6 heteroatoms. The molecule has 1 amide bonds. The minimum atomic E-state index is -0.0459. The summed E-state index contributed by atoms with van der Waals surface area (Å²) in [6, 6.07) is 7.61. The van der Waals surface area contributed by atoms with Crippen molar-refractivity contribution < 1.29 is 9.59 Å². The van der Waals surface area contributed by atoms with Gasteiger partial charge in [-0.1, -0.05) is 26.0 Å². The first-order chi connectivity index (χ1) is 13.5. The largest absolute Gasteiger partial charge is 0.351 e. The van der Waals surface area contributed by atoms with E-state index in [0.29, 0.717) is 30.1 Å². The van der Waals surface area contributed by atoms with E-state index in [1.807, 2.05) is 39.7 Å². The molecule has 4 rings (SSSR count). The standard InChI is InChI=1S/C22H26N4O2/c1-15(2)6-9-25-14-16(13-24-25)10-21(27)18-5-4-17-11-20-22(28)23-7-3-8-26(20)19(17)12-18/h4-5,11-15H,3,6-10H2,1-2H3,(H,23,28). The highest BCUT2D eigenvalue weighted by Gasteiger charge is 2.19. The van der Waals surface area contributed by atoms with Crippen LogP contribution < -0.4 is 5.32 Å². The van der Waals surface area contributed by atoms with Gasteiger partial charge in [0.25, 0.3) is 5.91 Å². The molecule has 0 spiro atoms. The Balaban J connectivity index is 1.55. The minimum Gasteiger partial charge on any atom is -0.351 e. The highest BCUT2D eigenvalue weighted by Crippen LogP contribution is 2.24. The molecular weight excluding hydrogens is 352 g/mol. The SMILES string of the molecule is CC(C)CCn1cc(CC(=O)c2ccc3cc4n(c3c2)CCCNC4=O)cn1. The van der Waals surface area contributed by atoms with Gasteiger partial charge in [-0.15, -0.1) is 0 Å². The Morgan fingerprint density at radius 1 is 1.29 bits per heavy atom. The zero-order chi connectivity index (χ0) is 19.7. The van der Waals surface area contributed by atoms with E-state index >= 15 is 0 Å². The van der Waals surface area contributed by atoms with Crippen molar-refractivity contribution in [2.24, 2.45) is 5.92 Å². The third-order valence-electron chi connectivity index (χ3n) is 5.29. The van der Waals surface area contributed by atoms with Gasteiger partial charge in [0, 0.05) is 48.7 Å². The second kappa shape index (κ2) is 7.62. The zero-order valence-corrected chi connectivity index (χ0v) is 16.4. The van der Waals surface area contributed by atoms with Crippen molar-refractivity contribution >= 4 is 22.6 Å². The summed E-state index contributed by atoms with van der Waals surface area (Å²) in [7, 11) is 0. The van der Waals surface area contributed by atoms with E-state index in [9.17, 15) is 9.59 Å². The number of amides is 1. The summed E-state index contributed by atoms with van der Waals surface area (Å²) < 4.78 is 3.94. The fourth-order valence-electron chi connectivity index (χ4n) is 3.68. The first kappa shape index (κ1) is 18.5. The van der Waals surface area contributed by atoms with Crippen LogP contribution in [-0.4, -0.2) is 32.6 Å². The van der Waals surface area contributed by atoms with Gasteiger partial charge >= 0.3 is 0 Å². The summed E-state index contributed by atoms with van der Waals surface area (Å²) in [6.07, 6.45) is 6.03. The van der Waals surface area contributed by atoms with Gasteiger partial charge in [0.1, 0.15) is 5.69 Å². The van der Waals surface area contributed by atoms with E-state index in [2.05, 4.69) is 24.3 Å². The lowest BCUT2D eigenvalue weighted by Crippen LogP contribution is -2.22. The average molecular weight is 378 g/mol. The lowest BCUT2D eigenvalue weighted by atomic mass is 10.0. The molecule has 0 bridgehead atoms. The lowest BCUT2D eigenvalue weighted by Gasteiger charge is -2.06. The van der Waals surface area contributed by atoms with Crippen LogP contribution in [0.15, 0.2) is 36.7 Å². The molecule has 3 heterocycles. The van der Waals surface area contributed by atoms with Crippen LogP contribution in [0.2, 0.25) is 0 Å². The molecule has 1 aromatic carbocycles. The summed E-state index contributed by atoms with van der Waals surface area (Å²) >= 11 is 0. The number of rotatable bonds is 6. The molecule has 1 N–H and O–H groups in total. The summed E-state index contributed by atoms with van der Waals surface area (Å²) in [5.74, 6) is 0.648. The molecule has 28 heavy (non-hydrogen) atoms. The highest BCUT2D eigenvalue weighted by molar-refractivity contribution is 6.03. The Hall–Kier alpha value is -2.89. The van der Waals surface area contributed by atoms with Crippen LogP contribution in [0.5, 0.6) is 0 Å². The molecule has 6 nitrogen and oxygen atoms in total. The Labute approximate surface area is 164 Å². The molecule has 0 aliphatic carbocycles. The van der Waals surface area contributed by atoms with Gasteiger partial charge in [0.15, 0.2) is 5.78 Å². The maximum absolute atomic E-state index is 12.8. The van der Waals surface area contributed by atoms with E-state index in [1.165, 1.54) is 0 Å². The fraction of sp³-hybridized carbons (Fsp3) is 0.409. The summed E-state index contributed by atoms with van der Waals surface area (Å²) in [4.78, 5) is 25.1. The predicted molar refractivity (Wildman–Crippen MR) is 109 cm³/mol. The molecule has 2 aromatic heterocycles. The molecule has 0 unspecified atom stereocenters. The van der Waals surface area contributed by atoms with Crippen molar-refractivity contribution in [3.63, 3.8) is 0 Å². The molecule has 1 aliphatic heterocycles. The molecular formula is C22H26N4O2. The highest BCUT2D eigenvalue weighted by atomic mass is 16.2. The van der Waals surface area contributed by atoms with Crippen LogP contribution in [0.3, 0.4) is 0 Å². The van der Waals surface area contributed by atoms with Gasteiger partial charge in [0.05, 0.1) is 6.20 Å². The summed E-state index contributed by atoms with van der Waals surface area (Å²) in [5, 5.41) is 8.27. The quantitative estimate of drug-likeness (QED) is 0.668. The number of nitrogens with zero attached hydrogens (tertiary/aromatic N) is 3. The van der Waals surface area contributed by atoms with Crippen molar-refractivity contribution in [1.82, 2.24) is 19.7 Å². The lowest BCUT2D eigenvalue weighted by molar-refractivity contribution is 0.0950. The smallest absolute Gasteiger partial charge is 0.267 e. The van der Waals surface area contributed by atoms with Crippen molar-refractivity contribution in [3.8, 4) is 0 Å². The number of benzene rings is 1. The van der Waals surface area contributed by atoms with Gasteiger partial charge in [-0.3, -0.25) is 14.3 Å². The molecule has 0 fully saturated rings. The minimum absolute atomic E-state index is 0.0459. The Morgan fingerprint density at radius 2 is 2.14 bits per heavy atom. The van der Waals surface area contributed by atoms with Crippen LogP contribution >= 0.6 is 0 Å². The Morgan fingerprint density at radius 3 is 2.96 bits per heavy atom. The molecule has 1 aliphatic rings. The zero-order valence-electron chi connectivity index (χ0n) is 16.4. The molecule has 3 aromatic rings. The van der Waals surface area contributed by atoms with Crippen LogP contribution in [0, 0.1) is 5.92 Å². The monoisotopic (exact) mass is 378 g/mol. The number of ketones is 1. The molecule has 0 atom stereocenters. The van der Waals surface area contributed by atoms with E-state index in [0.717, 1.165) is 42.4 Å². The number of nitrogens with one attached hydrogen (secondary N) is 1. The number of hydrogen-bond acceptors (Lipinski definition) is 3. The number of Topliss-reactive ketones (excluding diaryl/α,β-unsaturated/α-hetero) is 1. The maximum atomic E-state index is 12.8. The summed E-state index contributed by atoms with van der Waals surface area (Å²) in [6.45, 7) is 6.71. The number of fused-ring (bicyclic) bond motifs is 3. The van der Waals surface area contributed by atoms with Gasteiger partial charge in [0.2, 0.25) is 0 Å². The Kier molecular flexibility index (Phi) is 5.03. The first-order valence-corrected chi connectivity index (χ1v) is 9.97. The van der Waals surface area contributed by atoms with Crippen LogP contribution in [-0.2, 0) is 19.5 Å². The number of aromatic nitrogens is 3. The second-order valence-electron chi connectivity index (χ2n) is 7.96. The normalized spacial score (nSPS) is 14.2. The van der Waals surface area contributed by atoms with Crippen molar-refractivity contribution in [2.75, 3.05) is 6.54 Å². The number of carbonyl (C=O) groups excluding carboxylic acids is 2. The Bertz CT molecular complexity index is 1030. The average Bonchev–Trinajstić information content (AvgIpc) is 3.22. The summed E-state index contributed by atoms with van der Waals surface area (Å²) in [5.41, 5.74) is 3.23. The number of hydrogen-bond donors (Lipinski definition) is 1. The van der Waals surface area contributed by atoms with E-state index in [-0.39, 0.29) is 11.7 Å². The van der Waals surface area contributed by atoms with Crippen LogP contribution in [0.25, 0.3) is 10.9 Å². The van der Waals surface area contributed by atoms with Crippen molar-refractivity contribution in [3.05, 3.63) is 53.5 Å². The van der Waals surface area contributed by atoms with Crippen LogP contribution in [0.4, 0.5) is 0 Å². The third kappa shape index (κ3) is 3.72. The van der Waals surface area contributed by atoms with Gasteiger partial charge in [-0.2, -0.15) is 5.10 Å². The van der Waals surface area contributed by atoms with E-state index in [4.69, 9.17) is 0 Å². The van der Waals surface area contributed by atoms with Crippen LogP contribution in [0.1, 0.15) is 53.1 Å². The fourth-order valence-corrected chi connectivity index (χ4v) is 3.68. The predicted octanol–water partition coefficient (Wildman–Crippen LogP) is 3.44. The maximum Gasteiger partial charge on any atom is 0.267 e. The number of aryl methyl sites for hydroxylation is 2. The van der Waals surface area contributed by atoms with Crippen molar-refractivity contribution in [2.45, 2.75) is 46.2 Å². The topological polar surface area (TPSA) is 68.9 Å². The third-order valence-corrected chi connectivity index (χ3v) is 5.29. The molecule has 0 saturated heterocycles. The van der Waals surface area contributed by atoms with Gasteiger partial charge < -0.3 is 9.88 Å². The van der Waals surface area contributed by atoms with Gasteiger partial charge in [-0.25, -0.2) is 0 Å². The second-order valence-corrected chi connectivity index (χ2v) is 7.96. The van der Waals surface area contributed by atoms with E-state index in [1.54, 1.807) is 6.20 Å². The van der Waals surface area contributed by atoms with E-state index < -0.39 is 0 Å². The van der Waals surface area contributed by atoms with Crippen molar-refractivity contribution in [1.29, 1.82) is 0 Å². The molecule has 0 radical (unpaired) electrons.